The lowest BCUT2D eigenvalue weighted by atomic mass is 9.44. The second kappa shape index (κ2) is 4.96. The van der Waals surface area contributed by atoms with Gasteiger partial charge in [0.15, 0.2) is 0 Å². The molecule has 0 unspecified atom stereocenters. The molecule has 1 saturated carbocycles. The minimum atomic E-state index is -0.656. The second-order valence-electron chi connectivity index (χ2n) is 8.44. The van der Waals surface area contributed by atoms with Gasteiger partial charge < -0.3 is 9.84 Å². The van der Waals surface area contributed by atoms with Crippen LogP contribution in [-0.2, 0) is 10.2 Å². The predicted octanol–water partition coefficient (Wildman–Crippen LogP) is 4.24. The summed E-state index contributed by atoms with van der Waals surface area (Å²) in [6.45, 7) is 4.23. The van der Waals surface area contributed by atoms with Gasteiger partial charge >= 0.3 is 0 Å². The third-order valence-electron chi connectivity index (χ3n) is 7.48. The van der Waals surface area contributed by atoms with Crippen LogP contribution in [0.4, 0.5) is 0 Å². The van der Waals surface area contributed by atoms with Crippen molar-refractivity contribution in [1.29, 1.82) is 0 Å². The van der Waals surface area contributed by atoms with Gasteiger partial charge in [0.1, 0.15) is 0 Å². The van der Waals surface area contributed by atoms with Gasteiger partial charge in [0, 0.05) is 18.9 Å². The van der Waals surface area contributed by atoms with E-state index in [0.717, 1.165) is 12.8 Å². The van der Waals surface area contributed by atoms with Crippen LogP contribution in [0.1, 0.15) is 54.9 Å². The van der Waals surface area contributed by atoms with Crippen LogP contribution in [0.3, 0.4) is 0 Å². The van der Waals surface area contributed by atoms with Gasteiger partial charge in [-0.3, -0.25) is 0 Å². The highest BCUT2D eigenvalue weighted by molar-refractivity contribution is 5.62. The van der Waals surface area contributed by atoms with Crippen LogP contribution in [0.25, 0.3) is 0 Å². The number of aliphatic hydroxyl groups is 1. The Morgan fingerprint density at radius 3 is 2.16 bits per heavy atom. The Morgan fingerprint density at radius 2 is 1.60 bits per heavy atom. The second-order valence-corrected chi connectivity index (χ2v) is 8.44. The molecule has 2 nitrogen and oxygen atoms in total. The third-order valence-corrected chi connectivity index (χ3v) is 7.48. The Labute approximate surface area is 149 Å². The molecule has 2 aromatic rings. The van der Waals surface area contributed by atoms with Gasteiger partial charge in [0.25, 0.3) is 0 Å². The summed E-state index contributed by atoms with van der Waals surface area (Å²) in [6, 6.07) is 17.8. The van der Waals surface area contributed by atoms with Gasteiger partial charge in [-0.25, -0.2) is 0 Å². The molecule has 0 saturated heterocycles. The first kappa shape index (κ1) is 15.6. The number of benzene rings is 2. The van der Waals surface area contributed by atoms with Crippen LogP contribution < -0.4 is 0 Å². The van der Waals surface area contributed by atoms with Gasteiger partial charge in [-0.2, -0.15) is 0 Å². The first-order valence-corrected chi connectivity index (χ1v) is 9.47. The van der Waals surface area contributed by atoms with Crippen molar-refractivity contribution in [3.8, 4) is 0 Å². The maximum Gasteiger partial charge on any atom is 0.0684 e. The van der Waals surface area contributed by atoms with Crippen LogP contribution in [0, 0.1) is 11.8 Å². The average Bonchev–Trinajstić information content (AvgIpc) is 2.97. The zero-order valence-corrected chi connectivity index (χ0v) is 15.2. The van der Waals surface area contributed by atoms with Crippen LogP contribution in [0.2, 0.25) is 0 Å². The zero-order valence-electron chi connectivity index (χ0n) is 15.2. The molecule has 2 heteroatoms. The molecule has 6 rings (SSSR count). The fraction of sp³-hybridized carbons (Fsp3) is 0.478. The van der Waals surface area contributed by atoms with E-state index in [1.807, 2.05) is 14.0 Å². The van der Waals surface area contributed by atoms with E-state index in [1.54, 1.807) is 0 Å². The van der Waals surface area contributed by atoms with Crippen molar-refractivity contribution in [2.45, 2.75) is 49.7 Å². The highest BCUT2D eigenvalue weighted by Crippen LogP contribution is 2.69. The van der Waals surface area contributed by atoms with Gasteiger partial charge in [-0.05, 0) is 54.9 Å². The normalized spacial score (nSPS) is 38.8. The fourth-order valence-electron chi connectivity index (χ4n) is 6.71. The van der Waals surface area contributed by atoms with E-state index in [2.05, 4.69) is 55.5 Å². The molecular formula is C23H26O2. The monoisotopic (exact) mass is 334 g/mol. The van der Waals surface area contributed by atoms with E-state index < -0.39 is 5.60 Å². The summed E-state index contributed by atoms with van der Waals surface area (Å²) >= 11 is 0. The van der Waals surface area contributed by atoms with E-state index in [1.165, 1.54) is 22.3 Å². The quantitative estimate of drug-likeness (QED) is 0.890. The van der Waals surface area contributed by atoms with Crippen molar-refractivity contribution in [3.05, 3.63) is 70.8 Å². The molecule has 1 N–H and O–H groups in total. The summed E-state index contributed by atoms with van der Waals surface area (Å²) in [7, 11) is 1.81. The molecule has 0 spiro atoms. The van der Waals surface area contributed by atoms with Gasteiger partial charge in [0.2, 0.25) is 0 Å². The van der Waals surface area contributed by atoms with Crippen LogP contribution in [-0.4, -0.2) is 23.9 Å². The molecule has 25 heavy (non-hydrogen) atoms. The van der Waals surface area contributed by atoms with Crippen LogP contribution in [0.5, 0.6) is 0 Å². The topological polar surface area (TPSA) is 29.5 Å². The van der Waals surface area contributed by atoms with Crippen molar-refractivity contribution < 1.29 is 9.84 Å². The molecular weight excluding hydrogens is 308 g/mol. The van der Waals surface area contributed by atoms with Gasteiger partial charge in [-0.1, -0.05) is 48.5 Å². The third kappa shape index (κ3) is 1.68. The Kier molecular flexibility index (Phi) is 3.09. The van der Waals surface area contributed by atoms with Crippen molar-refractivity contribution in [3.63, 3.8) is 0 Å². The molecule has 2 bridgehead atoms. The minimum Gasteiger partial charge on any atom is -0.390 e. The molecule has 0 aromatic heterocycles. The Balaban J connectivity index is 1.93. The summed E-state index contributed by atoms with van der Waals surface area (Å²) in [5.74, 6) is 1.08. The maximum atomic E-state index is 11.4. The molecule has 0 amide bonds. The van der Waals surface area contributed by atoms with E-state index in [0.29, 0.717) is 11.8 Å². The fourth-order valence-corrected chi connectivity index (χ4v) is 6.71. The number of hydrogen-bond donors (Lipinski definition) is 1. The largest absolute Gasteiger partial charge is 0.390 e. The Hall–Kier alpha value is -1.64. The number of hydrogen-bond acceptors (Lipinski definition) is 2. The molecule has 0 aliphatic heterocycles. The van der Waals surface area contributed by atoms with E-state index >= 15 is 0 Å². The van der Waals surface area contributed by atoms with E-state index in [-0.39, 0.29) is 17.4 Å². The average molecular weight is 334 g/mol. The van der Waals surface area contributed by atoms with Gasteiger partial charge in [0.05, 0.1) is 17.1 Å². The smallest absolute Gasteiger partial charge is 0.0684 e. The lowest BCUT2D eigenvalue weighted by Crippen LogP contribution is -2.61. The van der Waals surface area contributed by atoms with Crippen LogP contribution >= 0.6 is 0 Å². The Morgan fingerprint density at radius 1 is 1.04 bits per heavy atom. The highest BCUT2D eigenvalue weighted by Gasteiger charge is 2.67. The number of rotatable bonds is 2. The molecule has 1 fully saturated rings. The molecule has 4 atom stereocenters. The number of ether oxygens (including phenoxy) is 1. The minimum absolute atomic E-state index is 0.00752. The molecule has 2 aromatic carbocycles. The van der Waals surface area contributed by atoms with Crippen molar-refractivity contribution in [2.75, 3.05) is 7.11 Å². The van der Waals surface area contributed by atoms with E-state index in [4.69, 9.17) is 4.74 Å². The summed E-state index contributed by atoms with van der Waals surface area (Å²) in [6.07, 6.45) is 1.97. The first-order valence-electron chi connectivity index (χ1n) is 9.47. The molecule has 4 aliphatic carbocycles. The molecule has 0 radical (unpaired) electrons. The SMILES string of the molecule is CO[C@@H](C)C12c3ccccc3C(c3ccccc31)[C@@H]1CC[C@@](C)(O)[C@@H]12. The first-order chi connectivity index (χ1) is 12.0. The summed E-state index contributed by atoms with van der Waals surface area (Å²) < 4.78 is 6.01. The van der Waals surface area contributed by atoms with Crippen molar-refractivity contribution in [1.82, 2.24) is 0 Å². The number of methoxy groups -OCH3 is 1. The molecule has 4 aliphatic rings. The zero-order chi connectivity index (χ0) is 17.4. The van der Waals surface area contributed by atoms with Crippen molar-refractivity contribution in [2.24, 2.45) is 11.8 Å². The van der Waals surface area contributed by atoms with E-state index in [9.17, 15) is 5.11 Å². The highest BCUT2D eigenvalue weighted by atomic mass is 16.5. The van der Waals surface area contributed by atoms with Crippen LogP contribution in [0.15, 0.2) is 48.5 Å². The van der Waals surface area contributed by atoms with Gasteiger partial charge in [-0.15, -0.1) is 0 Å². The summed E-state index contributed by atoms with van der Waals surface area (Å²) in [5.41, 5.74) is 4.71. The van der Waals surface area contributed by atoms with Crippen molar-refractivity contribution >= 4 is 0 Å². The lowest BCUT2D eigenvalue weighted by molar-refractivity contribution is -0.0758. The maximum absolute atomic E-state index is 11.4. The predicted molar refractivity (Wildman–Crippen MR) is 98.8 cm³/mol. The summed E-state index contributed by atoms with van der Waals surface area (Å²) in [5, 5.41) is 11.4. The molecule has 130 valence electrons. The lowest BCUT2D eigenvalue weighted by Gasteiger charge is -2.60. The molecule has 0 heterocycles. The standard InChI is InChI=1S/C23H26O2/c1-14(25-3)23-18-10-6-4-8-15(18)20(16-9-5-7-11-19(16)23)17-12-13-22(2,24)21(17)23/h4-11,14,17,20-21,24H,12-13H2,1-3H3/t14-,17-,20?,21+,22+,23?/m0/s1. The Bertz CT molecular complexity index is 790. The summed E-state index contributed by atoms with van der Waals surface area (Å²) in [4.78, 5) is 0.